The van der Waals surface area contributed by atoms with Crippen LogP contribution in [-0.2, 0) is 18.9 Å². The monoisotopic (exact) mass is 441 g/mol. The van der Waals surface area contributed by atoms with Crippen LogP contribution in [0.15, 0.2) is 61.8 Å². The molecule has 3 rings (SSSR count). The third-order valence-corrected chi connectivity index (χ3v) is 8.66. The van der Waals surface area contributed by atoms with Gasteiger partial charge in [-0.15, -0.1) is 0 Å². The van der Waals surface area contributed by atoms with E-state index in [1.165, 1.54) is 42.5 Å². The molecule has 3 aromatic rings. The first-order valence-corrected chi connectivity index (χ1v) is 12.4. The average molecular weight is 442 g/mol. The number of H-pyrrole nitrogens is 2. The highest BCUT2D eigenvalue weighted by Crippen LogP contribution is 2.25. The van der Waals surface area contributed by atoms with Crippen LogP contribution in [0.4, 0.5) is 5.69 Å². The Morgan fingerprint density at radius 3 is 2.04 bits per heavy atom. The van der Waals surface area contributed by atoms with E-state index < -0.39 is 30.0 Å². The van der Waals surface area contributed by atoms with Crippen molar-refractivity contribution in [2.24, 2.45) is 0 Å². The normalized spacial score (nSPS) is 12.2. The Balaban J connectivity index is 1.91. The number of aromatic amines is 2. The molecule has 0 fully saturated rings. The molecule has 9 nitrogen and oxygen atoms in total. The number of hydrogen-bond donors (Lipinski definition) is 3. The van der Waals surface area contributed by atoms with Crippen LogP contribution in [0.2, 0.25) is 0 Å². The Morgan fingerprint density at radius 2 is 1.43 bits per heavy atom. The van der Waals surface area contributed by atoms with Gasteiger partial charge in [0.15, 0.2) is 0 Å². The highest BCUT2D eigenvalue weighted by atomic mass is 33.1. The first-order valence-electron chi connectivity index (χ1n) is 7.91. The largest absolute Gasteiger partial charge is 0.316 e. The van der Waals surface area contributed by atoms with Gasteiger partial charge in [-0.1, -0.05) is 6.92 Å². The lowest BCUT2D eigenvalue weighted by Gasteiger charge is -2.09. The molecule has 0 aliphatic carbocycles. The molecule has 0 spiro atoms. The topological polar surface area (TPSA) is 146 Å². The molecule has 0 bridgehead atoms. The minimum absolute atomic E-state index is 0.0783. The van der Waals surface area contributed by atoms with Crippen LogP contribution < -0.4 is 15.8 Å². The number of aromatic nitrogens is 2. The van der Waals surface area contributed by atoms with Crippen molar-refractivity contribution in [2.75, 3.05) is 10.5 Å². The van der Waals surface area contributed by atoms with E-state index in [-0.39, 0.29) is 26.5 Å². The maximum Gasteiger partial charge on any atom is 0.314 e. The molecule has 148 valence electrons. The zero-order chi connectivity index (χ0) is 20.5. The Labute approximate surface area is 163 Å². The molecule has 1 heterocycles. The summed E-state index contributed by atoms with van der Waals surface area (Å²) in [5.41, 5.74) is -1.11. The Kier molecular flexibility index (Phi) is 5.37. The molecule has 0 saturated heterocycles. The van der Waals surface area contributed by atoms with Gasteiger partial charge in [-0.3, -0.25) is 14.3 Å². The summed E-state index contributed by atoms with van der Waals surface area (Å²) in [4.78, 5) is 27.3. The summed E-state index contributed by atoms with van der Waals surface area (Å²) in [6, 6.07) is 9.18. The maximum atomic E-state index is 12.6. The second-order valence-corrected chi connectivity index (χ2v) is 11.5. The van der Waals surface area contributed by atoms with Gasteiger partial charge in [0.25, 0.3) is 10.0 Å². The molecule has 2 aromatic carbocycles. The third-order valence-electron chi connectivity index (χ3n) is 3.67. The lowest BCUT2D eigenvalue weighted by atomic mass is 10.3. The van der Waals surface area contributed by atoms with E-state index in [1.807, 2.05) is 0 Å². The van der Waals surface area contributed by atoms with Crippen LogP contribution in [0, 0.1) is 0 Å². The highest BCUT2D eigenvalue weighted by Gasteiger charge is 2.17. The van der Waals surface area contributed by atoms with Crippen molar-refractivity contribution in [3.63, 3.8) is 0 Å². The molecule has 28 heavy (non-hydrogen) atoms. The molecule has 0 aliphatic rings. The molecule has 0 radical (unpaired) electrons. The molecule has 0 atom stereocenters. The number of fused-ring (bicyclic) bond motifs is 1. The molecule has 1 aromatic heterocycles. The van der Waals surface area contributed by atoms with E-state index in [0.29, 0.717) is 5.75 Å². The van der Waals surface area contributed by atoms with Crippen LogP contribution in [0.1, 0.15) is 6.92 Å². The zero-order valence-electron chi connectivity index (χ0n) is 14.4. The fourth-order valence-corrected chi connectivity index (χ4v) is 6.06. The van der Waals surface area contributed by atoms with Gasteiger partial charge >= 0.3 is 11.1 Å². The lowest BCUT2D eigenvalue weighted by molar-refractivity contribution is 0.601. The smallest absolute Gasteiger partial charge is 0.314 e. The van der Waals surface area contributed by atoms with Gasteiger partial charge in [-0.2, -0.15) is 0 Å². The van der Waals surface area contributed by atoms with Crippen LogP contribution in [-0.4, -0.2) is 32.6 Å². The van der Waals surface area contributed by atoms with Gasteiger partial charge in [0.05, 0.1) is 20.8 Å². The van der Waals surface area contributed by atoms with E-state index in [1.54, 1.807) is 6.92 Å². The quantitative estimate of drug-likeness (QED) is 0.388. The second-order valence-electron chi connectivity index (χ2n) is 5.61. The van der Waals surface area contributed by atoms with Crippen molar-refractivity contribution in [3.8, 4) is 0 Å². The molecular formula is C16H15N3O6S3. The third kappa shape index (κ3) is 4.13. The summed E-state index contributed by atoms with van der Waals surface area (Å²) in [5, 5.41) is 0. The number of benzene rings is 2. The van der Waals surface area contributed by atoms with Crippen molar-refractivity contribution in [2.45, 2.75) is 16.7 Å². The first kappa shape index (κ1) is 20.2. The average Bonchev–Trinajstić information content (AvgIpc) is 2.62. The predicted molar refractivity (Wildman–Crippen MR) is 108 cm³/mol. The number of sulfonamides is 1. The Morgan fingerprint density at radius 1 is 0.857 bits per heavy atom. The zero-order valence-corrected chi connectivity index (χ0v) is 16.9. The van der Waals surface area contributed by atoms with Crippen molar-refractivity contribution in [1.29, 1.82) is 0 Å². The van der Waals surface area contributed by atoms with E-state index in [2.05, 4.69) is 14.7 Å². The molecular weight excluding hydrogens is 426 g/mol. The van der Waals surface area contributed by atoms with E-state index in [4.69, 9.17) is 0 Å². The lowest BCUT2D eigenvalue weighted by Crippen LogP contribution is -2.29. The molecule has 0 saturated carbocycles. The van der Waals surface area contributed by atoms with Crippen molar-refractivity contribution in [3.05, 3.63) is 63.2 Å². The summed E-state index contributed by atoms with van der Waals surface area (Å²) in [5.74, 6) is 0.395. The summed E-state index contributed by atoms with van der Waals surface area (Å²) in [7, 11) is -6.70. The number of nitrogens with one attached hydrogen (secondary N) is 3. The fourth-order valence-electron chi connectivity index (χ4n) is 2.39. The molecule has 0 unspecified atom stereocenters. The summed E-state index contributed by atoms with van der Waals surface area (Å²) in [6.45, 7) is 1.72. The molecule has 3 N–H and O–H groups in total. The summed E-state index contributed by atoms with van der Waals surface area (Å²) >= 11 is 0. The first-order chi connectivity index (χ1) is 13.1. The summed E-state index contributed by atoms with van der Waals surface area (Å²) < 4.78 is 51.5. The minimum atomic E-state index is -4.01. The molecule has 0 amide bonds. The standard InChI is InChI=1S/C16H15N3O6S3/c1-2-26-28(24,25)11-5-3-10(4-6-11)19-27(22,23)12-7-8-13-14(9-12)18-16(21)15(20)17-13/h3-9,19H,2H2,1H3,(H,17,20)(H,18,21). The van der Waals surface area contributed by atoms with Crippen molar-refractivity contribution in [1.82, 2.24) is 9.97 Å². The highest BCUT2D eigenvalue weighted by molar-refractivity contribution is 8.72. The SMILES string of the molecule is CCSS(=O)(=O)c1ccc(NS(=O)(=O)c2ccc3[nH]c(=O)c(=O)[nH]c3c2)cc1. The van der Waals surface area contributed by atoms with E-state index in [0.717, 1.165) is 10.8 Å². The van der Waals surface area contributed by atoms with Crippen LogP contribution >= 0.6 is 10.8 Å². The van der Waals surface area contributed by atoms with Gasteiger partial charge in [0, 0.05) is 11.4 Å². The molecule has 0 aliphatic heterocycles. The van der Waals surface area contributed by atoms with Gasteiger partial charge < -0.3 is 9.97 Å². The molecule has 12 heteroatoms. The minimum Gasteiger partial charge on any atom is -0.316 e. The summed E-state index contributed by atoms with van der Waals surface area (Å²) in [6.07, 6.45) is 0. The Hall–Kier alpha value is -2.57. The van der Waals surface area contributed by atoms with E-state index in [9.17, 15) is 26.4 Å². The second kappa shape index (κ2) is 7.45. The van der Waals surface area contributed by atoms with E-state index >= 15 is 0 Å². The fraction of sp³-hybridized carbons (Fsp3) is 0.125. The van der Waals surface area contributed by atoms with Gasteiger partial charge in [-0.05, 0) is 53.3 Å². The number of rotatable bonds is 6. The number of hydrogen-bond acceptors (Lipinski definition) is 7. The van der Waals surface area contributed by atoms with Gasteiger partial charge in [0.2, 0.25) is 8.87 Å². The number of anilines is 1. The van der Waals surface area contributed by atoms with Crippen molar-refractivity contribution >= 4 is 46.4 Å². The van der Waals surface area contributed by atoms with Crippen LogP contribution in [0.5, 0.6) is 0 Å². The Bertz CT molecular complexity index is 1360. The maximum absolute atomic E-state index is 12.6. The van der Waals surface area contributed by atoms with Gasteiger partial charge in [-0.25, -0.2) is 16.8 Å². The van der Waals surface area contributed by atoms with Crippen LogP contribution in [0.25, 0.3) is 11.0 Å². The van der Waals surface area contributed by atoms with Crippen molar-refractivity contribution < 1.29 is 16.8 Å². The van der Waals surface area contributed by atoms with Gasteiger partial charge in [0.1, 0.15) is 0 Å². The predicted octanol–water partition coefficient (Wildman–Crippen LogP) is 1.46. The van der Waals surface area contributed by atoms with Crippen LogP contribution in [0.3, 0.4) is 0 Å².